The standard InChI is InChI=1S/C9H17NO/c1-7-4-9(11,5-7)8(6-10)2-3-8/h7,11H,2-6,10H2,1H3. The third-order valence-corrected chi connectivity index (χ3v) is 3.60. The summed E-state index contributed by atoms with van der Waals surface area (Å²) in [6.07, 6.45) is 4.24. The van der Waals surface area contributed by atoms with Crippen molar-refractivity contribution in [2.75, 3.05) is 6.54 Å². The molecule has 0 aliphatic heterocycles. The smallest absolute Gasteiger partial charge is 0.0720 e. The minimum absolute atomic E-state index is 0.138. The zero-order valence-corrected chi connectivity index (χ0v) is 7.14. The molecule has 2 nitrogen and oxygen atoms in total. The maximum absolute atomic E-state index is 10.1. The van der Waals surface area contributed by atoms with Crippen LogP contribution < -0.4 is 5.73 Å². The molecular formula is C9H17NO. The monoisotopic (exact) mass is 155 g/mol. The van der Waals surface area contributed by atoms with Crippen LogP contribution in [0.4, 0.5) is 0 Å². The first-order valence-corrected chi connectivity index (χ1v) is 4.54. The average Bonchev–Trinajstić information content (AvgIpc) is 2.64. The molecule has 2 aliphatic rings. The molecule has 2 fully saturated rings. The van der Waals surface area contributed by atoms with E-state index < -0.39 is 0 Å². The lowest BCUT2D eigenvalue weighted by atomic mass is 9.63. The first kappa shape index (κ1) is 7.56. The molecule has 0 amide bonds. The predicted molar refractivity (Wildman–Crippen MR) is 44.1 cm³/mol. The molecule has 0 saturated heterocycles. The fraction of sp³-hybridized carbons (Fsp3) is 1.00. The molecular weight excluding hydrogens is 138 g/mol. The summed E-state index contributed by atoms with van der Waals surface area (Å²) < 4.78 is 0. The number of hydrogen-bond acceptors (Lipinski definition) is 2. The van der Waals surface area contributed by atoms with E-state index in [0.717, 1.165) is 25.7 Å². The van der Waals surface area contributed by atoms with Gasteiger partial charge in [-0.3, -0.25) is 0 Å². The van der Waals surface area contributed by atoms with Crippen LogP contribution in [-0.2, 0) is 0 Å². The second kappa shape index (κ2) is 1.99. The van der Waals surface area contributed by atoms with Gasteiger partial charge in [0.25, 0.3) is 0 Å². The Kier molecular flexibility index (Phi) is 1.37. The maximum atomic E-state index is 10.1. The molecule has 0 radical (unpaired) electrons. The van der Waals surface area contributed by atoms with Crippen LogP contribution in [-0.4, -0.2) is 17.3 Å². The number of nitrogens with two attached hydrogens (primary N) is 1. The molecule has 64 valence electrons. The van der Waals surface area contributed by atoms with Crippen molar-refractivity contribution in [3.8, 4) is 0 Å². The zero-order chi connectivity index (χ0) is 8.11. The number of rotatable bonds is 2. The number of aliphatic hydroxyl groups is 1. The van der Waals surface area contributed by atoms with Crippen LogP contribution in [0.3, 0.4) is 0 Å². The first-order valence-electron chi connectivity index (χ1n) is 4.54. The van der Waals surface area contributed by atoms with Gasteiger partial charge in [-0.2, -0.15) is 0 Å². The Balaban J connectivity index is 2.04. The molecule has 2 heteroatoms. The zero-order valence-electron chi connectivity index (χ0n) is 7.14. The van der Waals surface area contributed by atoms with Gasteiger partial charge < -0.3 is 10.8 Å². The Bertz CT molecular complexity index is 168. The van der Waals surface area contributed by atoms with Crippen molar-refractivity contribution in [2.45, 2.75) is 38.2 Å². The molecule has 2 saturated carbocycles. The van der Waals surface area contributed by atoms with Crippen molar-refractivity contribution in [3.63, 3.8) is 0 Å². The lowest BCUT2D eigenvalue weighted by Gasteiger charge is -2.48. The van der Waals surface area contributed by atoms with Crippen molar-refractivity contribution < 1.29 is 5.11 Å². The van der Waals surface area contributed by atoms with E-state index in [1.165, 1.54) is 0 Å². The highest BCUT2D eigenvalue weighted by Gasteiger charge is 2.61. The van der Waals surface area contributed by atoms with E-state index in [-0.39, 0.29) is 11.0 Å². The molecule has 0 aromatic rings. The third kappa shape index (κ3) is 0.859. The van der Waals surface area contributed by atoms with E-state index in [4.69, 9.17) is 5.73 Å². The second-order valence-electron chi connectivity index (χ2n) is 4.53. The summed E-state index contributed by atoms with van der Waals surface area (Å²) >= 11 is 0. The lowest BCUT2D eigenvalue weighted by Crippen LogP contribution is -2.52. The summed E-state index contributed by atoms with van der Waals surface area (Å²) in [6.45, 7) is 2.87. The van der Waals surface area contributed by atoms with Gasteiger partial charge in [0.05, 0.1) is 5.60 Å². The minimum atomic E-state index is -0.374. The lowest BCUT2D eigenvalue weighted by molar-refractivity contribution is -0.122. The van der Waals surface area contributed by atoms with Gasteiger partial charge in [-0.15, -0.1) is 0 Å². The Labute approximate surface area is 67.8 Å². The molecule has 0 unspecified atom stereocenters. The van der Waals surface area contributed by atoms with E-state index in [2.05, 4.69) is 6.92 Å². The summed E-state index contributed by atoms with van der Waals surface area (Å²) in [6, 6.07) is 0. The van der Waals surface area contributed by atoms with E-state index in [1.54, 1.807) is 0 Å². The molecule has 3 N–H and O–H groups in total. The van der Waals surface area contributed by atoms with Crippen LogP contribution >= 0.6 is 0 Å². The van der Waals surface area contributed by atoms with Crippen molar-refractivity contribution in [1.82, 2.24) is 0 Å². The summed E-state index contributed by atoms with van der Waals surface area (Å²) in [5, 5.41) is 10.1. The highest BCUT2D eigenvalue weighted by atomic mass is 16.3. The van der Waals surface area contributed by atoms with Crippen LogP contribution in [0.1, 0.15) is 32.6 Å². The van der Waals surface area contributed by atoms with Crippen molar-refractivity contribution in [3.05, 3.63) is 0 Å². The van der Waals surface area contributed by atoms with Gasteiger partial charge >= 0.3 is 0 Å². The molecule has 0 spiro atoms. The molecule has 0 heterocycles. The van der Waals surface area contributed by atoms with Crippen LogP contribution in [0.25, 0.3) is 0 Å². The molecule has 2 aliphatic carbocycles. The topological polar surface area (TPSA) is 46.2 Å². The van der Waals surface area contributed by atoms with E-state index >= 15 is 0 Å². The maximum Gasteiger partial charge on any atom is 0.0720 e. The Hall–Kier alpha value is -0.0800. The van der Waals surface area contributed by atoms with Gasteiger partial charge in [0.15, 0.2) is 0 Å². The summed E-state index contributed by atoms with van der Waals surface area (Å²) in [5.41, 5.74) is 5.41. The average molecular weight is 155 g/mol. The van der Waals surface area contributed by atoms with Crippen LogP contribution in [0.5, 0.6) is 0 Å². The van der Waals surface area contributed by atoms with Gasteiger partial charge in [0, 0.05) is 12.0 Å². The first-order chi connectivity index (χ1) is 5.12. The molecule has 0 bridgehead atoms. The molecule has 0 aromatic carbocycles. The van der Waals surface area contributed by atoms with Gasteiger partial charge in [0.2, 0.25) is 0 Å². The minimum Gasteiger partial charge on any atom is -0.389 e. The molecule has 0 aromatic heterocycles. The largest absolute Gasteiger partial charge is 0.389 e. The van der Waals surface area contributed by atoms with Crippen molar-refractivity contribution >= 4 is 0 Å². The third-order valence-electron chi connectivity index (χ3n) is 3.60. The summed E-state index contributed by atoms with van der Waals surface area (Å²) in [4.78, 5) is 0. The van der Waals surface area contributed by atoms with Crippen LogP contribution in [0.2, 0.25) is 0 Å². The molecule has 11 heavy (non-hydrogen) atoms. The van der Waals surface area contributed by atoms with Crippen molar-refractivity contribution in [1.29, 1.82) is 0 Å². The normalized spacial score (nSPS) is 46.6. The van der Waals surface area contributed by atoms with E-state index in [1.807, 2.05) is 0 Å². The Morgan fingerprint density at radius 2 is 2.00 bits per heavy atom. The Morgan fingerprint density at radius 1 is 1.45 bits per heavy atom. The van der Waals surface area contributed by atoms with Gasteiger partial charge in [0.1, 0.15) is 0 Å². The fourth-order valence-corrected chi connectivity index (χ4v) is 2.54. The van der Waals surface area contributed by atoms with Gasteiger partial charge in [-0.1, -0.05) is 6.92 Å². The highest BCUT2D eigenvalue weighted by Crippen LogP contribution is 2.61. The second-order valence-corrected chi connectivity index (χ2v) is 4.53. The quantitative estimate of drug-likeness (QED) is 0.622. The SMILES string of the molecule is CC1CC(O)(C2(CN)CC2)C1. The fourth-order valence-electron chi connectivity index (χ4n) is 2.54. The highest BCUT2D eigenvalue weighted by molar-refractivity contribution is 5.13. The Morgan fingerprint density at radius 3 is 2.27 bits per heavy atom. The molecule has 0 atom stereocenters. The van der Waals surface area contributed by atoms with E-state index in [0.29, 0.717) is 12.5 Å². The number of hydrogen-bond donors (Lipinski definition) is 2. The predicted octanol–water partition coefficient (Wildman–Crippen LogP) is 0.886. The van der Waals surface area contributed by atoms with Gasteiger partial charge in [-0.05, 0) is 31.6 Å². The van der Waals surface area contributed by atoms with Gasteiger partial charge in [-0.25, -0.2) is 0 Å². The summed E-state index contributed by atoms with van der Waals surface area (Å²) in [7, 11) is 0. The van der Waals surface area contributed by atoms with Crippen LogP contribution in [0.15, 0.2) is 0 Å². The molecule has 2 rings (SSSR count). The summed E-state index contributed by atoms with van der Waals surface area (Å²) in [5.74, 6) is 0.712. The van der Waals surface area contributed by atoms with E-state index in [9.17, 15) is 5.11 Å². The van der Waals surface area contributed by atoms with Crippen LogP contribution in [0, 0.1) is 11.3 Å². The van der Waals surface area contributed by atoms with Crippen molar-refractivity contribution in [2.24, 2.45) is 17.1 Å².